The van der Waals surface area contributed by atoms with E-state index in [1.54, 1.807) is 28.0 Å². The van der Waals surface area contributed by atoms with Gasteiger partial charge >= 0.3 is 6.61 Å². The molecule has 1 saturated heterocycles. The van der Waals surface area contributed by atoms with Crippen LogP contribution in [0.5, 0.6) is 5.75 Å². The van der Waals surface area contributed by atoms with Gasteiger partial charge in [0.05, 0.1) is 0 Å². The summed E-state index contributed by atoms with van der Waals surface area (Å²) < 4.78 is 29.0. The summed E-state index contributed by atoms with van der Waals surface area (Å²) in [6, 6.07) is 14.7. The lowest BCUT2D eigenvalue weighted by Gasteiger charge is -2.35. The van der Waals surface area contributed by atoms with E-state index in [0.29, 0.717) is 31.7 Å². The van der Waals surface area contributed by atoms with Crippen molar-refractivity contribution in [2.45, 2.75) is 6.61 Å². The van der Waals surface area contributed by atoms with Crippen LogP contribution in [0.15, 0.2) is 54.6 Å². The van der Waals surface area contributed by atoms with Gasteiger partial charge in [-0.2, -0.15) is 8.78 Å². The van der Waals surface area contributed by atoms with Gasteiger partial charge in [0.15, 0.2) is 0 Å². The Bertz CT molecular complexity index is 775. The summed E-state index contributed by atoms with van der Waals surface area (Å²) in [5, 5.41) is 0. The van der Waals surface area contributed by atoms with Gasteiger partial charge in [-0.05, 0) is 30.3 Å². The zero-order valence-electron chi connectivity index (χ0n) is 14.0. The van der Waals surface area contributed by atoms with E-state index in [1.165, 1.54) is 18.2 Å². The minimum absolute atomic E-state index is 0.0521. The molecule has 136 valence electrons. The van der Waals surface area contributed by atoms with Crippen LogP contribution in [0.25, 0.3) is 0 Å². The second-order valence-electron chi connectivity index (χ2n) is 5.86. The zero-order valence-corrected chi connectivity index (χ0v) is 14.0. The minimum Gasteiger partial charge on any atom is -0.435 e. The van der Waals surface area contributed by atoms with Crippen molar-refractivity contribution >= 4 is 11.8 Å². The van der Waals surface area contributed by atoms with Crippen molar-refractivity contribution in [3.8, 4) is 5.75 Å². The number of benzene rings is 2. The molecule has 1 heterocycles. The number of hydrogen-bond acceptors (Lipinski definition) is 3. The van der Waals surface area contributed by atoms with Crippen molar-refractivity contribution in [1.29, 1.82) is 0 Å². The number of nitrogens with zero attached hydrogens (tertiary/aromatic N) is 2. The molecule has 0 bridgehead atoms. The first-order valence-corrected chi connectivity index (χ1v) is 8.23. The predicted octanol–water partition coefficient (Wildman–Crippen LogP) is 2.89. The first-order valence-electron chi connectivity index (χ1n) is 8.23. The first kappa shape index (κ1) is 17.8. The maximum absolute atomic E-state index is 12.6. The Kier molecular flexibility index (Phi) is 5.46. The van der Waals surface area contributed by atoms with Crippen molar-refractivity contribution < 1.29 is 23.1 Å². The second-order valence-corrected chi connectivity index (χ2v) is 5.86. The van der Waals surface area contributed by atoms with E-state index in [9.17, 15) is 18.4 Å². The molecular formula is C19H18F2N2O3. The SMILES string of the molecule is O=C(c1ccccc1)N1CCN(C(=O)c2cccc(OC(F)F)c2)CC1. The molecule has 26 heavy (non-hydrogen) atoms. The Hall–Kier alpha value is -2.96. The van der Waals surface area contributed by atoms with Gasteiger partial charge in [-0.3, -0.25) is 9.59 Å². The molecule has 0 N–H and O–H groups in total. The molecule has 0 aromatic heterocycles. The summed E-state index contributed by atoms with van der Waals surface area (Å²) in [6.45, 7) is -1.32. The van der Waals surface area contributed by atoms with Gasteiger partial charge in [0.2, 0.25) is 0 Å². The van der Waals surface area contributed by atoms with Gasteiger partial charge in [0, 0.05) is 37.3 Å². The van der Waals surface area contributed by atoms with Crippen LogP contribution in [0.1, 0.15) is 20.7 Å². The lowest BCUT2D eigenvalue weighted by atomic mass is 10.1. The lowest BCUT2D eigenvalue weighted by molar-refractivity contribution is -0.0499. The normalized spacial score (nSPS) is 14.4. The number of carbonyl (C=O) groups excluding carboxylic acids is 2. The van der Waals surface area contributed by atoms with Crippen LogP contribution in [0, 0.1) is 0 Å². The Morgan fingerprint density at radius 1 is 0.808 bits per heavy atom. The smallest absolute Gasteiger partial charge is 0.387 e. The predicted molar refractivity (Wildman–Crippen MR) is 91.3 cm³/mol. The molecule has 1 aliphatic heterocycles. The van der Waals surface area contributed by atoms with Gasteiger partial charge in [0.25, 0.3) is 11.8 Å². The Morgan fingerprint density at radius 2 is 1.35 bits per heavy atom. The molecule has 2 amide bonds. The second kappa shape index (κ2) is 7.95. The maximum atomic E-state index is 12.6. The van der Waals surface area contributed by atoms with Crippen LogP contribution in [-0.2, 0) is 0 Å². The monoisotopic (exact) mass is 360 g/mol. The van der Waals surface area contributed by atoms with Crippen molar-refractivity contribution in [3.63, 3.8) is 0 Å². The number of alkyl halides is 2. The van der Waals surface area contributed by atoms with E-state index in [-0.39, 0.29) is 23.1 Å². The molecule has 1 aliphatic rings. The molecule has 2 aromatic rings. The molecule has 0 spiro atoms. The molecule has 7 heteroatoms. The van der Waals surface area contributed by atoms with Crippen LogP contribution < -0.4 is 4.74 Å². The van der Waals surface area contributed by atoms with Gasteiger partial charge in [0.1, 0.15) is 5.75 Å². The summed E-state index contributed by atoms with van der Waals surface area (Å²) in [6.07, 6.45) is 0. The third-order valence-corrected chi connectivity index (χ3v) is 4.18. The fraction of sp³-hybridized carbons (Fsp3) is 0.263. The van der Waals surface area contributed by atoms with E-state index >= 15 is 0 Å². The third-order valence-electron chi connectivity index (χ3n) is 4.18. The highest BCUT2D eigenvalue weighted by molar-refractivity contribution is 5.96. The summed E-state index contributed by atoms with van der Waals surface area (Å²) in [5.41, 5.74) is 0.898. The van der Waals surface area contributed by atoms with E-state index in [2.05, 4.69) is 4.74 Å². The fourth-order valence-electron chi connectivity index (χ4n) is 2.86. The number of ether oxygens (including phenoxy) is 1. The lowest BCUT2D eigenvalue weighted by Crippen LogP contribution is -2.50. The Morgan fingerprint density at radius 3 is 1.92 bits per heavy atom. The van der Waals surface area contributed by atoms with Crippen molar-refractivity contribution in [1.82, 2.24) is 9.80 Å². The van der Waals surface area contributed by atoms with Gasteiger partial charge in [-0.15, -0.1) is 0 Å². The van der Waals surface area contributed by atoms with Crippen LogP contribution >= 0.6 is 0 Å². The fourth-order valence-corrected chi connectivity index (χ4v) is 2.86. The Balaban J connectivity index is 1.61. The number of hydrogen-bond donors (Lipinski definition) is 0. The molecule has 0 unspecified atom stereocenters. The van der Waals surface area contributed by atoms with Crippen molar-refractivity contribution in [2.75, 3.05) is 26.2 Å². The number of piperazine rings is 1. The van der Waals surface area contributed by atoms with Gasteiger partial charge in [-0.25, -0.2) is 0 Å². The zero-order chi connectivity index (χ0) is 18.5. The van der Waals surface area contributed by atoms with Crippen LogP contribution in [0.2, 0.25) is 0 Å². The molecule has 0 saturated carbocycles. The standard InChI is InChI=1S/C19H18F2N2O3/c20-19(21)26-16-8-4-7-15(13-16)18(25)23-11-9-22(10-12-23)17(24)14-5-2-1-3-6-14/h1-8,13,19H,9-12H2. The highest BCUT2D eigenvalue weighted by Crippen LogP contribution is 2.18. The first-order chi connectivity index (χ1) is 12.5. The van der Waals surface area contributed by atoms with Crippen molar-refractivity contribution in [2.24, 2.45) is 0 Å². The molecule has 0 aliphatic carbocycles. The summed E-state index contributed by atoms with van der Waals surface area (Å²) in [4.78, 5) is 28.3. The summed E-state index contributed by atoms with van der Waals surface area (Å²) in [7, 11) is 0. The molecule has 0 atom stereocenters. The quantitative estimate of drug-likeness (QED) is 0.842. The highest BCUT2D eigenvalue weighted by Gasteiger charge is 2.25. The Labute approximate surface area is 149 Å². The van der Waals surface area contributed by atoms with Gasteiger partial charge in [-0.1, -0.05) is 24.3 Å². The minimum atomic E-state index is -2.94. The highest BCUT2D eigenvalue weighted by atomic mass is 19.3. The van der Waals surface area contributed by atoms with Crippen LogP contribution in [0.3, 0.4) is 0 Å². The molecule has 0 radical (unpaired) electrons. The summed E-state index contributed by atoms with van der Waals surface area (Å²) >= 11 is 0. The average molecular weight is 360 g/mol. The van der Waals surface area contributed by atoms with E-state index < -0.39 is 6.61 Å². The molecule has 2 aromatic carbocycles. The number of carbonyl (C=O) groups is 2. The molecule has 1 fully saturated rings. The van der Waals surface area contributed by atoms with E-state index in [4.69, 9.17) is 0 Å². The molecule has 5 nitrogen and oxygen atoms in total. The van der Waals surface area contributed by atoms with E-state index in [0.717, 1.165) is 0 Å². The third kappa shape index (κ3) is 4.17. The average Bonchev–Trinajstić information content (AvgIpc) is 2.67. The maximum Gasteiger partial charge on any atom is 0.387 e. The summed E-state index contributed by atoms with van der Waals surface area (Å²) in [5.74, 6) is -0.384. The number of halogens is 2. The van der Waals surface area contributed by atoms with Crippen molar-refractivity contribution in [3.05, 3.63) is 65.7 Å². The molecule has 3 rings (SSSR count). The largest absolute Gasteiger partial charge is 0.435 e. The molecular weight excluding hydrogens is 342 g/mol. The van der Waals surface area contributed by atoms with E-state index in [1.807, 2.05) is 18.2 Å². The van der Waals surface area contributed by atoms with Gasteiger partial charge < -0.3 is 14.5 Å². The number of rotatable bonds is 4. The van der Waals surface area contributed by atoms with Crippen LogP contribution in [-0.4, -0.2) is 54.4 Å². The topological polar surface area (TPSA) is 49.9 Å². The number of amides is 2. The van der Waals surface area contributed by atoms with Crippen LogP contribution in [0.4, 0.5) is 8.78 Å².